The van der Waals surface area contributed by atoms with Crippen LogP contribution in [-0.4, -0.2) is 16.4 Å². The summed E-state index contributed by atoms with van der Waals surface area (Å²) in [5.41, 5.74) is -0.824. The lowest BCUT2D eigenvalue weighted by Crippen LogP contribution is -2.46. The highest BCUT2D eigenvalue weighted by Crippen LogP contribution is 2.27. The maximum absolute atomic E-state index is 13.5. The van der Waals surface area contributed by atoms with Crippen LogP contribution in [0.3, 0.4) is 0 Å². The Morgan fingerprint density at radius 1 is 1.26 bits per heavy atom. The van der Waals surface area contributed by atoms with Crippen molar-refractivity contribution in [3.63, 3.8) is 0 Å². The number of halogens is 2. The maximum atomic E-state index is 13.5. The third-order valence-corrected chi connectivity index (χ3v) is 2.52. The normalized spacial score (nSPS) is 12.4. The van der Waals surface area contributed by atoms with Crippen LogP contribution in [0.4, 0.5) is 8.78 Å². The minimum Gasteiger partial charge on any atom is -0.347 e. The first kappa shape index (κ1) is 15.5. The van der Waals surface area contributed by atoms with E-state index in [-0.39, 0.29) is 11.0 Å². The van der Waals surface area contributed by atoms with E-state index >= 15 is 0 Å². The molecule has 0 atom stereocenters. The van der Waals surface area contributed by atoms with E-state index in [0.29, 0.717) is 6.42 Å². The Morgan fingerprint density at radius 2 is 1.84 bits per heavy atom. The Hall–Kier alpha value is -1.52. The summed E-state index contributed by atoms with van der Waals surface area (Å²) in [6.45, 7) is 9.85. The van der Waals surface area contributed by atoms with Gasteiger partial charge in [-0.05, 0) is 31.7 Å². The summed E-state index contributed by atoms with van der Waals surface area (Å²) in [5.74, 6) is -3.11. The van der Waals surface area contributed by atoms with E-state index in [4.69, 9.17) is 0 Å². The number of hydrogen-bond acceptors (Lipinski definition) is 2. The molecule has 19 heavy (non-hydrogen) atoms. The SMILES string of the molecule is CC(C)(C)CC(C)(C)NC(=O)c1ccnc(F)c1F. The number of aromatic nitrogens is 1. The predicted molar refractivity (Wildman–Crippen MR) is 69.8 cm³/mol. The predicted octanol–water partition coefficient (Wildman–Crippen LogP) is 3.30. The fraction of sp³-hybridized carbons (Fsp3) is 0.571. The summed E-state index contributed by atoms with van der Waals surface area (Å²) in [6, 6.07) is 1.17. The molecule has 1 N–H and O–H groups in total. The molecule has 1 heterocycles. The number of hydrogen-bond donors (Lipinski definition) is 1. The molecule has 0 radical (unpaired) electrons. The molecular formula is C14H20F2N2O. The number of amides is 1. The van der Waals surface area contributed by atoms with Crippen molar-refractivity contribution in [3.05, 3.63) is 29.6 Å². The average Bonchev–Trinajstić information content (AvgIpc) is 2.17. The molecule has 0 bridgehead atoms. The van der Waals surface area contributed by atoms with E-state index in [2.05, 4.69) is 10.3 Å². The van der Waals surface area contributed by atoms with Crippen molar-refractivity contribution in [2.24, 2.45) is 5.41 Å². The molecule has 3 nitrogen and oxygen atoms in total. The van der Waals surface area contributed by atoms with Crippen molar-refractivity contribution < 1.29 is 13.6 Å². The van der Waals surface area contributed by atoms with E-state index in [9.17, 15) is 13.6 Å². The van der Waals surface area contributed by atoms with Crippen molar-refractivity contribution in [2.45, 2.75) is 46.6 Å². The van der Waals surface area contributed by atoms with Gasteiger partial charge in [0.2, 0.25) is 5.95 Å². The van der Waals surface area contributed by atoms with Gasteiger partial charge in [-0.25, -0.2) is 9.37 Å². The van der Waals surface area contributed by atoms with E-state index in [1.807, 2.05) is 34.6 Å². The highest BCUT2D eigenvalue weighted by atomic mass is 19.2. The molecule has 0 aromatic carbocycles. The molecule has 0 aliphatic heterocycles. The van der Waals surface area contributed by atoms with Gasteiger partial charge in [0.25, 0.3) is 5.91 Å². The first-order chi connectivity index (χ1) is 8.52. The van der Waals surface area contributed by atoms with Crippen LogP contribution >= 0.6 is 0 Å². The van der Waals surface area contributed by atoms with Gasteiger partial charge in [0.15, 0.2) is 5.82 Å². The largest absolute Gasteiger partial charge is 0.347 e. The van der Waals surface area contributed by atoms with Crippen molar-refractivity contribution >= 4 is 5.91 Å². The van der Waals surface area contributed by atoms with Crippen molar-refractivity contribution in [1.82, 2.24) is 10.3 Å². The third-order valence-electron chi connectivity index (χ3n) is 2.52. The Kier molecular flexibility index (Phi) is 4.28. The van der Waals surface area contributed by atoms with Crippen LogP contribution in [0, 0.1) is 17.2 Å². The molecule has 0 saturated heterocycles. The van der Waals surface area contributed by atoms with E-state index < -0.39 is 23.2 Å². The summed E-state index contributed by atoms with van der Waals surface area (Å²) < 4.78 is 26.4. The van der Waals surface area contributed by atoms with Gasteiger partial charge in [-0.3, -0.25) is 4.79 Å². The van der Waals surface area contributed by atoms with Crippen molar-refractivity contribution in [1.29, 1.82) is 0 Å². The van der Waals surface area contributed by atoms with E-state index in [0.717, 1.165) is 6.20 Å². The Balaban J connectivity index is 2.88. The summed E-state index contributed by atoms with van der Waals surface area (Å²) >= 11 is 0. The van der Waals surface area contributed by atoms with Crippen molar-refractivity contribution in [2.75, 3.05) is 0 Å². The number of carbonyl (C=O) groups is 1. The monoisotopic (exact) mass is 270 g/mol. The summed E-state index contributed by atoms with van der Waals surface area (Å²) in [4.78, 5) is 15.1. The first-order valence-corrected chi connectivity index (χ1v) is 6.14. The zero-order valence-corrected chi connectivity index (χ0v) is 12.0. The molecule has 0 aliphatic carbocycles. The molecule has 0 unspecified atom stereocenters. The lowest BCUT2D eigenvalue weighted by molar-refractivity contribution is 0.0886. The summed E-state index contributed by atoms with van der Waals surface area (Å²) in [5, 5.41) is 2.72. The fourth-order valence-electron chi connectivity index (χ4n) is 2.34. The Morgan fingerprint density at radius 3 is 2.37 bits per heavy atom. The number of nitrogens with one attached hydrogen (secondary N) is 1. The van der Waals surface area contributed by atoms with Gasteiger partial charge in [-0.1, -0.05) is 20.8 Å². The second-order valence-electron chi connectivity index (χ2n) is 6.54. The van der Waals surface area contributed by atoms with Crippen LogP contribution in [0.5, 0.6) is 0 Å². The lowest BCUT2D eigenvalue weighted by Gasteiger charge is -2.33. The van der Waals surface area contributed by atoms with Crippen LogP contribution < -0.4 is 5.32 Å². The zero-order valence-electron chi connectivity index (χ0n) is 12.0. The molecule has 1 amide bonds. The quantitative estimate of drug-likeness (QED) is 0.856. The molecule has 1 rings (SSSR count). The molecule has 1 aromatic rings. The number of rotatable bonds is 3. The molecule has 0 fully saturated rings. The van der Waals surface area contributed by atoms with Gasteiger partial charge in [-0.2, -0.15) is 4.39 Å². The highest BCUT2D eigenvalue weighted by Gasteiger charge is 2.28. The van der Waals surface area contributed by atoms with Gasteiger partial charge >= 0.3 is 0 Å². The van der Waals surface area contributed by atoms with E-state index in [1.165, 1.54) is 6.07 Å². The average molecular weight is 270 g/mol. The van der Waals surface area contributed by atoms with Gasteiger partial charge in [0.05, 0.1) is 5.56 Å². The fourth-order valence-corrected chi connectivity index (χ4v) is 2.34. The maximum Gasteiger partial charge on any atom is 0.254 e. The molecule has 5 heteroatoms. The highest BCUT2D eigenvalue weighted by molar-refractivity contribution is 5.94. The summed E-state index contributed by atoms with van der Waals surface area (Å²) in [7, 11) is 0. The molecule has 1 aromatic heterocycles. The second-order valence-corrected chi connectivity index (χ2v) is 6.54. The van der Waals surface area contributed by atoms with Gasteiger partial charge < -0.3 is 5.32 Å². The third kappa shape index (κ3) is 4.58. The number of pyridine rings is 1. The topological polar surface area (TPSA) is 42.0 Å². The standard InChI is InChI=1S/C14H20F2N2O/c1-13(2,3)8-14(4,5)18-12(19)9-6-7-17-11(16)10(9)15/h6-7H,8H2,1-5H3,(H,18,19). The molecule has 106 valence electrons. The number of carbonyl (C=O) groups excluding carboxylic acids is 1. The summed E-state index contributed by atoms with van der Waals surface area (Å²) in [6.07, 6.45) is 1.78. The van der Waals surface area contributed by atoms with Crippen LogP contribution in [-0.2, 0) is 0 Å². The first-order valence-electron chi connectivity index (χ1n) is 6.14. The van der Waals surface area contributed by atoms with Crippen LogP contribution in [0.2, 0.25) is 0 Å². The minimum absolute atomic E-state index is 0.0127. The lowest BCUT2D eigenvalue weighted by atomic mass is 9.81. The van der Waals surface area contributed by atoms with E-state index in [1.54, 1.807) is 0 Å². The van der Waals surface area contributed by atoms with Gasteiger partial charge in [0.1, 0.15) is 0 Å². The number of nitrogens with zero attached hydrogens (tertiary/aromatic N) is 1. The van der Waals surface area contributed by atoms with Crippen LogP contribution in [0.1, 0.15) is 51.4 Å². The molecular weight excluding hydrogens is 250 g/mol. The van der Waals surface area contributed by atoms with Gasteiger partial charge in [0, 0.05) is 11.7 Å². The smallest absolute Gasteiger partial charge is 0.254 e. The molecule has 0 saturated carbocycles. The Labute approximate surface area is 112 Å². The Bertz CT molecular complexity index is 479. The zero-order chi connectivity index (χ0) is 14.8. The minimum atomic E-state index is -1.26. The molecule has 0 aliphatic rings. The van der Waals surface area contributed by atoms with Crippen LogP contribution in [0.25, 0.3) is 0 Å². The molecule has 0 spiro atoms. The van der Waals surface area contributed by atoms with Crippen molar-refractivity contribution in [3.8, 4) is 0 Å². The van der Waals surface area contributed by atoms with Crippen LogP contribution in [0.15, 0.2) is 12.3 Å². The second kappa shape index (κ2) is 5.23. The van der Waals surface area contributed by atoms with Gasteiger partial charge in [-0.15, -0.1) is 0 Å².